The van der Waals surface area contributed by atoms with Crippen LogP contribution >= 0.6 is 0 Å². The van der Waals surface area contributed by atoms with Crippen molar-refractivity contribution in [3.63, 3.8) is 0 Å². The average molecular weight is 360 g/mol. The number of fused-ring (bicyclic) bond motifs is 1. The van der Waals surface area contributed by atoms with E-state index in [-0.39, 0.29) is 11.6 Å². The number of para-hydroxylation sites is 2. The Morgan fingerprint density at radius 3 is 2.48 bits per heavy atom. The number of nitrogens with zero attached hydrogens (tertiary/aromatic N) is 1. The van der Waals surface area contributed by atoms with Crippen LogP contribution < -0.4 is 10.2 Å². The second-order valence-corrected chi connectivity index (χ2v) is 6.35. The number of benzene rings is 3. The molecule has 0 aliphatic carbocycles. The Hall–Kier alpha value is -3.47. The fourth-order valence-electron chi connectivity index (χ4n) is 3.26. The molecule has 0 bridgehead atoms. The Bertz CT molecular complexity index is 1030. The first-order valence-electron chi connectivity index (χ1n) is 8.69. The van der Waals surface area contributed by atoms with Gasteiger partial charge in [-0.1, -0.05) is 36.4 Å². The highest BCUT2D eigenvalue weighted by Gasteiger charge is 2.25. The third kappa shape index (κ3) is 3.31. The van der Waals surface area contributed by atoms with Gasteiger partial charge in [0.2, 0.25) is 0 Å². The molecule has 0 aromatic heterocycles. The zero-order valence-electron chi connectivity index (χ0n) is 14.5. The zero-order chi connectivity index (χ0) is 18.8. The monoisotopic (exact) mass is 360 g/mol. The van der Waals surface area contributed by atoms with E-state index in [4.69, 9.17) is 0 Å². The van der Waals surface area contributed by atoms with Gasteiger partial charge in [0.1, 0.15) is 5.82 Å². The van der Waals surface area contributed by atoms with E-state index >= 15 is 0 Å². The number of amides is 2. The van der Waals surface area contributed by atoms with E-state index in [0.29, 0.717) is 17.7 Å². The minimum Gasteiger partial charge on any atom is -0.319 e. The molecule has 4 rings (SSSR count). The van der Waals surface area contributed by atoms with Gasteiger partial charge in [0.05, 0.1) is 5.69 Å². The molecule has 134 valence electrons. The van der Waals surface area contributed by atoms with Crippen molar-refractivity contribution in [2.24, 2.45) is 0 Å². The predicted octanol–water partition coefficient (Wildman–Crippen LogP) is 4.28. The summed E-state index contributed by atoms with van der Waals surface area (Å²) in [5.74, 6) is -1.12. The maximum Gasteiger partial charge on any atom is 0.258 e. The molecule has 1 aliphatic rings. The van der Waals surface area contributed by atoms with Crippen LogP contribution in [0.25, 0.3) is 0 Å². The van der Waals surface area contributed by atoms with Crippen molar-refractivity contribution in [3.8, 4) is 0 Å². The number of anilines is 2. The number of halogens is 1. The molecule has 3 aromatic carbocycles. The molecule has 0 saturated carbocycles. The van der Waals surface area contributed by atoms with E-state index in [1.165, 1.54) is 12.1 Å². The van der Waals surface area contributed by atoms with Crippen LogP contribution in [0.15, 0.2) is 72.8 Å². The van der Waals surface area contributed by atoms with Gasteiger partial charge in [-0.15, -0.1) is 0 Å². The van der Waals surface area contributed by atoms with Crippen molar-refractivity contribution in [3.05, 3.63) is 95.3 Å². The van der Waals surface area contributed by atoms with E-state index in [0.717, 1.165) is 17.7 Å². The smallest absolute Gasteiger partial charge is 0.258 e. The van der Waals surface area contributed by atoms with Crippen molar-refractivity contribution in [2.45, 2.75) is 6.42 Å². The lowest BCUT2D eigenvalue weighted by molar-refractivity contribution is 0.0989. The lowest BCUT2D eigenvalue weighted by Gasteiger charge is -2.17. The van der Waals surface area contributed by atoms with E-state index in [1.54, 1.807) is 41.3 Å². The van der Waals surface area contributed by atoms with E-state index in [9.17, 15) is 14.0 Å². The third-order valence-corrected chi connectivity index (χ3v) is 4.63. The summed E-state index contributed by atoms with van der Waals surface area (Å²) in [5, 5.41) is 2.54. The lowest BCUT2D eigenvalue weighted by Crippen LogP contribution is -2.29. The average Bonchev–Trinajstić information content (AvgIpc) is 3.13. The van der Waals surface area contributed by atoms with Crippen LogP contribution in [0.5, 0.6) is 0 Å². The van der Waals surface area contributed by atoms with Gasteiger partial charge in [0, 0.05) is 23.4 Å². The SMILES string of the molecule is O=C(Nc1ccccc1F)c1cccc(C(=O)N2CCc3ccccc32)c1. The molecular weight excluding hydrogens is 343 g/mol. The molecular formula is C22H17FN2O2. The summed E-state index contributed by atoms with van der Waals surface area (Å²) < 4.78 is 13.7. The number of nitrogens with one attached hydrogen (secondary N) is 1. The van der Waals surface area contributed by atoms with Crippen LogP contribution in [-0.4, -0.2) is 18.4 Å². The molecule has 0 saturated heterocycles. The molecule has 0 fully saturated rings. The number of carbonyl (C=O) groups is 2. The van der Waals surface area contributed by atoms with Crippen LogP contribution in [0.1, 0.15) is 26.3 Å². The minimum atomic E-state index is -0.508. The van der Waals surface area contributed by atoms with Gasteiger partial charge in [0.15, 0.2) is 0 Å². The van der Waals surface area contributed by atoms with Crippen LogP contribution in [0.4, 0.5) is 15.8 Å². The van der Waals surface area contributed by atoms with Gasteiger partial charge in [-0.25, -0.2) is 4.39 Å². The molecule has 1 aliphatic heterocycles. The topological polar surface area (TPSA) is 49.4 Å². The maximum absolute atomic E-state index is 13.7. The Morgan fingerprint density at radius 2 is 1.63 bits per heavy atom. The normalized spacial score (nSPS) is 12.6. The first kappa shape index (κ1) is 17.0. The van der Waals surface area contributed by atoms with E-state index < -0.39 is 11.7 Å². The fraction of sp³-hybridized carbons (Fsp3) is 0.0909. The van der Waals surface area contributed by atoms with Gasteiger partial charge in [-0.3, -0.25) is 9.59 Å². The summed E-state index contributed by atoms with van der Waals surface area (Å²) in [4.78, 5) is 27.1. The number of hydrogen-bond donors (Lipinski definition) is 1. The van der Waals surface area contributed by atoms with Crippen LogP contribution in [-0.2, 0) is 6.42 Å². The highest BCUT2D eigenvalue weighted by molar-refractivity contribution is 6.10. The molecule has 27 heavy (non-hydrogen) atoms. The number of hydrogen-bond acceptors (Lipinski definition) is 2. The van der Waals surface area contributed by atoms with Crippen LogP contribution in [0, 0.1) is 5.82 Å². The highest BCUT2D eigenvalue weighted by Crippen LogP contribution is 2.29. The standard InChI is InChI=1S/C22H17FN2O2/c23-18-9-2-3-10-19(18)24-21(26)16-7-5-8-17(14-16)22(27)25-13-12-15-6-1-4-11-20(15)25/h1-11,14H,12-13H2,(H,24,26). The molecule has 0 spiro atoms. The Kier molecular flexibility index (Phi) is 4.42. The molecule has 1 heterocycles. The van der Waals surface area contributed by atoms with Crippen molar-refractivity contribution in [2.75, 3.05) is 16.8 Å². The van der Waals surface area contributed by atoms with Crippen LogP contribution in [0.2, 0.25) is 0 Å². The maximum atomic E-state index is 13.7. The summed E-state index contributed by atoms with van der Waals surface area (Å²) in [6.45, 7) is 0.615. The van der Waals surface area contributed by atoms with E-state index in [1.807, 2.05) is 24.3 Å². The predicted molar refractivity (Wildman–Crippen MR) is 103 cm³/mol. The number of carbonyl (C=O) groups excluding carboxylic acids is 2. The Labute approximate surface area is 156 Å². The first-order valence-corrected chi connectivity index (χ1v) is 8.69. The summed E-state index contributed by atoms with van der Waals surface area (Å²) >= 11 is 0. The molecule has 3 aromatic rings. The van der Waals surface area contributed by atoms with Gasteiger partial charge in [-0.2, -0.15) is 0 Å². The zero-order valence-corrected chi connectivity index (χ0v) is 14.5. The lowest BCUT2D eigenvalue weighted by atomic mass is 10.1. The van der Waals surface area contributed by atoms with Crippen molar-refractivity contribution < 1.29 is 14.0 Å². The Balaban J connectivity index is 1.57. The van der Waals surface area contributed by atoms with Gasteiger partial charge in [-0.05, 0) is 48.4 Å². The summed E-state index contributed by atoms with van der Waals surface area (Å²) in [6, 6.07) is 20.3. The van der Waals surface area contributed by atoms with Gasteiger partial charge < -0.3 is 10.2 Å². The minimum absolute atomic E-state index is 0.104. The van der Waals surface area contributed by atoms with E-state index in [2.05, 4.69) is 5.32 Å². The molecule has 5 heteroatoms. The second-order valence-electron chi connectivity index (χ2n) is 6.35. The van der Waals surface area contributed by atoms with Crippen molar-refractivity contribution >= 4 is 23.2 Å². The van der Waals surface area contributed by atoms with Gasteiger partial charge in [0.25, 0.3) is 11.8 Å². The highest BCUT2D eigenvalue weighted by atomic mass is 19.1. The molecule has 1 N–H and O–H groups in total. The first-order chi connectivity index (χ1) is 13.1. The van der Waals surface area contributed by atoms with Crippen molar-refractivity contribution in [1.82, 2.24) is 0 Å². The largest absolute Gasteiger partial charge is 0.319 e. The molecule has 0 radical (unpaired) electrons. The van der Waals surface area contributed by atoms with Gasteiger partial charge >= 0.3 is 0 Å². The molecule has 0 atom stereocenters. The number of rotatable bonds is 3. The van der Waals surface area contributed by atoms with Crippen LogP contribution in [0.3, 0.4) is 0 Å². The molecule has 4 nitrogen and oxygen atoms in total. The summed E-state index contributed by atoms with van der Waals surface area (Å²) in [5.41, 5.74) is 2.88. The summed E-state index contributed by atoms with van der Waals surface area (Å²) in [7, 11) is 0. The Morgan fingerprint density at radius 1 is 0.889 bits per heavy atom. The third-order valence-electron chi connectivity index (χ3n) is 4.63. The second kappa shape index (κ2) is 7.03. The summed E-state index contributed by atoms with van der Waals surface area (Å²) in [6.07, 6.45) is 0.815. The quantitative estimate of drug-likeness (QED) is 0.758. The fourth-order valence-corrected chi connectivity index (χ4v) is 3.26. The molecule has 2 amide bonds. The molecule has 0 unspecified atom stereocenters. The van der Waals surface area contributed by atoms with Crippen molar-refractivity contribution in [1.29, 1.82) is 0 Å².